The Morgan fingerprint density at radius 2 is 2.00 bits per heavy atom. The minimum absolute atomic E-state index is 0.0595. The predicted octanol–water partition coefficient (Wildman–Crippen LogP) is 5.65. The van der Waals surface area contributed by atoms with Crippen molar-refractivity contribution in [3.05, 3.63) is 56.5 Å². The second kappa shape index (κ2) is 11.5. The first-order valence-electron chi connectivity index (χ1n) is 11.1. The van der Waals surface area contributed by atoms with Gasteiger partial charge in [0, 0.05) is 10.0 Å². The van der Waals surface area contributed by atoms with Crippen LogP contribution in [0.2, 0.25) is 0 Å². The third-order valence-electron chi connectivity index (χ3n) is 5.75. The van der Waals surface area contributed by atoms with Crippen molar-refractivity contribution >= 4 is 55.7 Å². The number of carbonyl (C=O) groups is 1. The number of rotatable bonds is 7. The SMILES string of the molecule is Cc1ccc(-c2[nH]nc(SCC(=O)N/N=C/c3cc(Br)cc(Br)c3O)[n+]2C2CCCCC2)cc1. The summed E-state index contributed by atoms with van der Waals surface area (Å²) in [6.07, 6.45) is 7.31. The molecule has 1 fully saturated rings. The monoisotopic (exact) mass is 606 g/mol. The largest absolute Gasteiger partial charge is 0.506 e. The van der Waals surface area contributed by atoms with Gasteiger partial charge in [-0.3, -0.25) is 4.79 Å². The maximum absolute atomic E-state index is 12.5. The minimum Gasteiger partial charge on any atom is -0.506 e. The van der Waals surface area contributed by atoms with E-state index in [0.717, 1.165) is 33.9 Å². The molecule has 178 valence electrons. The van der Waals surface area contributed by atoms with Gasteiger partial charge in [0.2, 0.25) is 0 Å². The highest BCUT2D eigenvalue weighted by Gasteiger charge is 2.30. The average Bonchev–Trinajstić information content (AvgIpc) is 3.25. The van der Waals surface area contributed by atoms with E-state index >= 15 is 0 Å². The van der Waals surface area contributed by atoms with Gasteiger partial charge in [0.25, 0.3) is 11.7 Å². The van der Waals surface area contributed by atoms with Crippen LogP contribution in [0.1, 0.15) is 49.3 Å². The van der Waals surface area contributed by atoms with E-state index in [1.54, 1.807) is 12.1 Å². The van der Waals surface area contributed by atoms with Gasteiger partial charge in [-0.15, -0.1) is 5.10 Å². The molecule has 7 nitrogen and oxygen atoms in total. The summed E-state index contributed by atoms with van der Waals surface area (Å²) < 4.78 is 3.60. The molecule has 0 atom stereocenters. The molecule has 0 saturated heterocycles. The number of aryl methyl sites for hydroxylation is 1. The minimum atomic E-state index is -0.245. The van der Waals surface area contributed by atoms with Gasteiger partial charge in [0.1, 0.15) is 5.75 Å². The summed E-state index contributed by atoms with van der Waals surface area (Å²) >= 11 is 8.05. The lowest BCUT2D eigenvalue weighted by atomic mass is 9.95. The summed E-state index contributed by atoms with van der Waals surface area (Å²) in [5, 5.41) is 22.7. The molecule has 3 N–H and O–H groups in total. The van der Waals surface area contributed by atoms with Crippen LogP contribution in [0.25, 0.3) is 11.4 Å². The quantitative estimate of drug-likeness (QED) is 0.140. The molecule has 34 heavy (non-hydrogen) atoms. The lowest BCUT2D eigenvalue weighted by Crippen LogP contribution is -2.43. The van der Waals surface area contributed by atoms with Crippen LogP contribution >= 0.6 is 43.6 Å². The molecule has 2 aromatic carbocycles. The number of thioether (sulfide) groups is 1. The molecular formula is C24H26Br2N5O2S+. The molecule has 1 aliphatic rings. The predicted molar refractivity (Wildman–Crippen MR) is 141 cm³/mol. The lowest BCUT2D eigenvalue weighted by Gasteiger charge is -2.21. The van der Waals surface area contributed by atoms with Crippen molar-refractivity contribution < 1.29 is 14.5 Å². The van der Waals surface area contributed by atoms with Gasteiger partial charge in [-0.2, -0.15) is 5.10 Å². The Hall–Kier alpha value is -2.17. The van der Waals surface area contributed by atoms with Crippen molar-refractivity contribution in [2.24, 2.45) is 5.10 Å². The third-order valence-corrected chi connectivity index (χ3v) is 7.77. The number of H-pyrrole nitrogens is 1. The van der Waals surface area contributed by atoms with E-state index in [1.807, 2.05) is 0 Å². The summed E-state index contributed by atoms with van der Waals surface area (Å²) in [5.41, 5.74) is 5.32. The standard InChI is InChI=1S/C24H25Br2N5O2S/c1-15-7-9-16(10-8-15)23-29-30-24(31(23)19-5-3-2-4-6-19)34-14-21(32)28-27-13-17-11-18(25)12-20(26)22(17)33/h7-13,19H,2-6,14H2,1H3,(H2,27,28,32,33)/p+1. The van der Waals surface area contributed by atoms with Gasteiger partial charge in [-0.05, 0) is 84.6 Å². The lowest BCUT2D eigenvalue weighted by molar-refractivity contribution is -0.749. The van der Waals surface area contributed by atoms with E-state index in [-0.39, 0.29) is 17.4 Å². The molecule has 0 unspecified atom stereocenters. The zero-order valence-corrected chi connectivity index (χ0v) is 22.7. The Morgan fingerprint density at radius 1 is 1.26 bits per heavy atom. The highest BCUT2D eigenvalue weighted by atomic mass is 79.9. The Labute approximate surface area is 219 Å². The normalized spacial score (nSPS) is 14.6. The van der Waals surface area contributed by atoms with Gasteiger partial charge < -0.3 is 5.11 Å². The molecular weight excluding hydrogens is 582 g/mol. The van der Waals surface area contributed by atoms with E-state index in [0.29, 0.717) is 16.1 Å². The van der Waals surface area contributed by atoms with Gasteiger partial charge in [0.15, 0.2) is 0 Å². The number of amides is 1. The second-order valence-electron chi connectivity index (χ2n) is 8.29. The number of phenolic OH excluding ortho intramolecular Hbond substituents is 1. The van der Waals surface area contributed by atoms with Crippen molar-refractivity contribution in [3.63, 3.8) is 0 Å². The Balaban J connectivity index is 1.46. The summed E-state index contributed by atoms with van der Waals surface area (Å²) in [5.74, 6) is 0.967. The number of aromatic hydroxyl groups is 1. The fourth-order valence-electron chi connectivity index (χ4n) is 4.02. The molecule has 0 aliphatic heterocycles. The highest BCUT2D eigenvalue weighted by Crippen LogP contribution is 2.31. The molecule has 4 rings (SSSR count). The summed E-state index contributed by atoms with van der Waals surface area (Å²) in [6.45, 7) is 2.07. The zero-order chi connectivity index (χ0) is 24.1. The number of carbonyl (C=O) groups excluding carboxylic acids is 1. The number of hydrogen-bond acceptors (Lipinski definition) is 5. The number of aromatic nitrogens is 3. The van der Waals surface area contributed by atoms with Crippen molar-refractivity contribution in [1.29, 1.82) is 0 Å². The van der Waals surface area contributed by atoms with Gasteiger partial charge in [-0.1, -0.05) is 40.0 Å². The fourth-order valence-corrected chi connectivity index (χ4v) is 6.09. The van der Waals surface area contributed by atoms with Gasteiger partial charge >= 0.3 is 5.16 Å². The fraction of sp³-hybridized carbons (Fsp3) is 0.333. The van der Waals surface area contributed by atoms with Crippen LogP contribution in [0.4, 0.5) is 0 Å². The Kier molecular flexibility index (Phi) is 8.44. The van der Waals surface area contributed by atoms with E-state index in [4.69, 9.17) is 0 Å². The number of hydrazone groups is 1. The second-order valence-corrected chi connectivity index (χ2v) is 11.0. The number of hydrogen-bond donors (Lipinski definition) is 3. The molecule has 0 radical (unpaired) electrons. The van der Waals surface area contributed by atoms with Crippen LogP contribution in [0.3, 0.4) is 0 Å². The number of benzene rings is 2. The van der Waals surface area contributed by atoms with Crippen molar-refractivity contribution in [1.82, 2.24) is 15.6 Å². The van der Waals surface area contributed by atoms with E-state index in [9.17, 15) is 9.90 Å². The summed E-state index contributed by atoms with van der Waals surface area (Å²) in [6, 6.07) is 12.2. The molecule has 10 heteroatoms. The van der Waals surface area contributed by atoms with Crippen molar-refractivity contribution in [3.8, 4) is 17.1 Å². The molecule has 1 aliphatic carbocycles. The average molecular weight is 608 g/mol. The summed E-state index contributed by atoms with van der Waals surface area (Å²) in [7, 11) is 0. The number of halogens is 2. The van der Waals surface area contributed by atoms with Crippen LogP contribution < -0.4 is 9.99 Å². The van der Waals surface area contributed by atoms with Gasteiger partial charge in [0.05, 0.1) is 33.1 Å². The Bertz CT molecular complexity index is 1190. The first-order valence-corrected chi connectivity index (χ1v) is 13.7. The first-order chi connectivity index (χ1) is 16.4. The van der Waals surface area contributed by atoms with Crippen LogP contribution in [0.15, 0.2) is 55.6 Å². The highest BCUT2D eigenvalue weighted by molar-refractivity contribution is 9.11. The van der Waals surface area contributed by atoms with E-state index in [1.165, 1.54) is 42.8 Å². The third kappa shape index (κ3) is 6.09. The number of nitrogens with one attached hydrogen (secondary N) is 2. The number of nitrogens with zero attached hydrogens (tertiary/aromatic N) is 3. The topological polar surface area (TPSA) is 94.2 Å². The van der Waals surface area contributed by atoms with Crippen molar-refractivity contribution in [2.45, 2.75) is 50.2 Å². The Morgan fingerprint density at radius 3 is 2.74 bits per heavy atom. The van der Waals surface area contributed by atoms with Crippen LogP contribution in [-0.2, 0) is 4.79 Å². The molecule has 1 saturated carbocycles. The van der Waals surface area contributed by atoms with Crippen LogP contribution in [0, 0.1) is 6.92 Å². The number of phenols is 1. The molecule has 1 amide bonds. The molecule has 1 heterocycles. The molecule has 0 spiro atoms. The maximum Gasteiger partial charge on any atom is 0.337 e. The first kappa shape index (κ1) is 24.9. The van der Waals surface area contributed by atoms with E-state index < -0.39 is 0 Å². The summed E-state index contributed by atoms with van der Waals surface area (Å²) in [4.78, 5) is 12.5. The van der Waals surface area contributed by atoms with Crippen molar-refractivity contribution in [2.75, 3.05) is 5.75 Å². The molecule has 3 aromatic rings. The molecule has 0 bridgehead atoms. The molecule has 1 aromatic heterocycles. The maximum atomic E-state index is 12.5. The van der Waals surface area contributed by atoms with Crippen LogP contribution in [-0.4, -0.2) is 33.2 Å². The number of aromatic amines is 1. The van der Waals surface area contributed by atoms with Crippen LogP contribution in [0.5, 0.6) is 5.75 Å². The smallest absolute Gasteiger partial charge is 0.337 e. The van der Waals surface area contributed by atoms with Gasteiger partial charge in [-0.25, -0.2) is 9.99 Å². The zero-order valence-electron chi connectivity index (χ0n) is 18.7. The van der Waals surface area contributed by atoms with E-state index in [2.05, 4.69) is 88.3 Å².